The quantitative estimate of drug-likeness (QED) is 0.0449. The van der Waals surface area contributed by atoms with E-state index in [9.17, 15) is 48.3 Å². The van der Waals surface area contributed by atoms with Crippen molar-refractivity contribution in [2.75, 3.05) is 19.6 Å². The number of ketones is 2. The van der Waals surface area contributed by atoms with Gasteiger partial charge in [-0.05, 0) is 88.1 Å². The van der Waals surface area contributed by atoms with Crippen molar-refractivity contribution in [2.45, 2.75) is 142 Å². The van der Waals surface area contributed by atoms with Crippen LogP contribution in [0.1, 0.15) is 130 Å². The van der Waals surface area contributed by atoms with Crippen molar-refractivity contribution in [3.63, 3.8) is 0 Å². The van der Waals surface area contributed by atoms with E-state index < -0.39 is 76.0 Å². The summed E-state index contributed by atoms with van der Waals surface area (Å²) in [5.74, 6) is -3.88. The molecule has 2 aromatic heterocycles. The van der Waals surface area contributed by atoms with Gasteiger partial charge in [0.2, 0.25) is 23.6 Å². The number of halogens is 1. The first-order valence-electron chi connectivity index (χ1n) is 24.7. The molecule has 0 radical (unpaired) electrons. The lowest BCUT2D eigenvalue weighted by Crippen LogP contribution is -2.44. The Morgan fingerprint density at radius 3 is 2.34 bits per heavy atom. The van der Waals surface area contributed by atoms with Crippen molar-refractivity contribution in [1.29, 1.82) is 0 Å². The summed E-state index contributed by atoms with van der Waals surface area (Å²) in [6.45, 7) is 8.03. The highest BCUT2D eigenvalue weighted by Gasteiger charge is 2.46. The predicted molar refractivity (Wildman–Crippen MR) is 263 cm³/mol. The highest BCUT2D eigenvalue weighted by Crippen LogP contribution is 2.46. The first-order valence-corrected chi connectivity index (χ1v) is 24.7. The molecule has 4 heterocycles. The molecule has 0 saturated heterocycles. The van der Waals surface area contributed by atoms with Crippen molar-refractivity contribution in [3.8, 4) is 11.4 Å². The van der Waals surface area contributed by atoms with Crippen LogP contribution >= 0.6 is 0 Å². The van der Waals surface area contributed by atoms with Gasteiger partial charge in [0.25, 0.3) is 5.56 Å². The number of aliphatic hydroxyl groups is 1. The first kappa shape index (κ1) is 53.4. The molecule has 5 amide bonds. The van der Waals surface area contributed by atoms with Gasteiger partial charge in [-0.25, -0.2) is 19.0 Å². The number of aromatic nitrogens is 2. The van der Waals surface area contributed by atoms with Gasteiger partial charge >= 0.3 is 12.1 Å². The molecule has 19 nitrogen and oxygen atoms in total. The Morgan fingerprint density at radius 1 is 0.890 bits per heavy atom. The number of Topliss-reactive ketones (excluding diaryl/α,β-unsaturated/α-hetero) is 2. The van der Waals surface area contributed by atoms with Crippen LogP contribution in [0.15, 0.2) is 47.3 Å². The monoisotopic (exact) mass is 1010 g/mol. The maximum absolute atomic E-state index is 15.4. The molecule has 2 aliphatic heterocycles. The number of benzene rings is 2. The van der Waals surface area contributed by atoms with Gasteiger partial charge < -0.3 is 45.7 Å². The molecule has 0 bridgehead atoms. The molecule has 0 saturated carbocycles. The van der Waals surface area contributed by atoms with Gasteiger partial charge in [0, 0.05) is 74.2 Å². The molecule has 388 valence electrons. The molecule has 1 aliphatic carbocycles. The van der Waals surface area contributed by atoms with Crippen LogP contribution in [-0.2, 0) is 74.6 Å². The second-order valence-corrected chi connectivity index (χ2v) is 19.7. The number of nitrogens with one attached hydrogen (secondary N) is 5. The molecule has 3 aliphatic rings. The van der Waals surface area contributed by atoms with Gasteiger partial charge in [-0.2, -0.15) is 0 Å². The molecule has 2 aromatic carbocycles. The number of amides is 5. The van der Waals surface area contributed by atoms with E-state index in [1.165, 1.54) is 10.6 Å². The Balaban J connectivity index is 0.904. The third kappa shape index (κ3) is 12.5. The number of aryl methyl sites for hydroxylation is 1. The van der Waals surface area contributed by atoms with E-state index in [1.807, 2.05) is 6.07 Å². The number of nitrogens with zero attached hydrogens (tertiary/aromatic N) is 2. The number of fused-ring (bicyclic) bond motifs is 5. The number of cyclic esters (lactones) is 1. The number of esters is 1. The summed E-state index contributed by atoms with van der Waals surface area (Å²) in [4.78, 5) is 121. The minimum Gasteiger partial charge on any atom is -0.458 e. The third-order valence-corrected chi connectivity index (χ3v) is 13.4. The highest BCUT2D eigenvalue weighted by molar-refractivity contribution is 5.95. The summed E-state index contributed by atoms with van der Waals surface area (Å²) in [5.41, 5.74) is 1.62. The average Bonchev–Trinajstić information content (AvgIpc) is 3.72. The molecule has 7 rings (SSSR count). The topological polar surface area (TPSA) is 270 Å². The molecule has 0 spiro atoms. The molecule has 73 heavy (non-hydrogen) atoms. The molecule has 6 N–H and O–H groups in total. The zero-order chi connectivity index (χ0) is 52.8. The van der Waals surface area contributed by atoms with Gasteiger partial charge in [-0.15, -0.1) is 0 Å². The fourth-order valence-electron chi connectivity index (χ4n) is 9.52. The van der Waals surface area contributed by atoms with Crippen LogP contribution in [0.5, 0.6) is 0 Å². The zero-order valence-electron chi connectivity index (χ0n) is 41.7. The Hall–Kier alpha value is -7.35. The summed E-state index contributed by atoms with van der Waals surface area (Å²) in [6.07, 6.45) is -0.294. The number of rotatable bonds is 21. The second kappa shape index (κ2) is 22.6. The van der Waals surface area contributed by atoms with Crippen molar-refractivity contribution >= 4 is 58.2 Å². The number of pyridine rings is 2. The average molecular weight is 1010 g/mol. The number of alkyl carbamates (subject to hydrolysis) is 1. The van der Waals surface area contributed by atoms with E-state index in [4.69, 9.17) is 14.5 Å². The van der Waals surface area contributed by atoms with Gasteiger partial charge in [0.05, 0.1) is 47.6 Å². The van der Waals surface area contributed by atoms with E-state index in [2.05, 4.69) is 26.6 Å². The largest absolute Gasteiger partial charge is 0.458 e. The molecular weight excluding hydrogens is 946 g/mol. The van der Waals surface area contributed by atoms with Crippen LogP contribution in [0.3, 0.4) is 0 Å². The molecular formula is C53H62FN7O12. The van der Waals surface area contributed by atoms with Crippen LogP contribution < -0.4 is 32.1 Å². The lowest BCUT2D eigenvalue weighted by atomic mass is 9.81. The second-order valence-electron chi connectivity index (χ2n) is 19.7. The standard InChI is InChI=1S/C53H62FN7O12/c1-6-53(71)35-24-40-48-33(27-61(40)49(68)34(35)28-72-50(53)69)47-37(16-15-32-29(2)36(54)25-39(60-48)46(32)47)58-44(66)13-10-21-55-42(64)19-17-41(63)38(23-30-11-8-7-9-12-30)59-45(67)18-14-31(62)26-57-43(65)20-22-56-51(70)73-52(3,4)5/h7-9,11-12,24-25,37-38,71H,6,10,13-23,26-28H2,1-5H3,(H,55,64)(H,56,70)(H,57,65)(H,58,66)(H,59,67)/t37-,38-,53-/m0/s1. The molecule has 3 atom stereocenters. The van der Waals surface area contributed by atoms with Crippen molar-refractivity contribution < 1.29 is 57.3 Å². The first-order chi connectivity index (χ1) is 34.7. The lowest BCUT2D eigenvalue weighted by Gasteiger charge is -2.31. The lowest BCUT2D eigenvalue weighted by molar-refractivity contribution is -0.172. The zero-order valence-corrected chi connectivity index (χ0v) is 41.7. The number of ether oxygens (including phenoxy) is 2. The van der Waals surface area contributed by atoms with Crippen molar-refractivity contribution in [1.82, 2.24) is 36.1 Å². The smallest absolute Gasteiger partial charge is 0.407 e. The van der Waals surface area contributed by atoms with Gasteiger partial charge in [0.1, 0.15) is 18.0 Å². The number of hydrogen-bond acceptors (Lipinski definition) is 13. The number of carbonyl (C=O) groups excluding carboxylic acids is 8. The fourth-order valence-corrected chi connectivity index (χ4v) is 9.52. The summed E-state index contributed by atoms with van der Waals surface area (Å²) in [6, 6.07) is 10.4. The van der Waals surface area contributed by atoms with E-state index >= 15 is 4.39 Å². The normalized spacial score (nSPS) is 16.8. The number of hydrogen-bond donors (Lipinski definition) is 6. The maximum Gasteiger partial charge on any atom is 0.407 e. The van der Waals surface area contributed by atoms with Crippen molar-refractivity contribution in [3.05, 3.63) is 97.6 Å². The summed E-state index contributed by atoms with van der Waals surface area (Å²) in [5, 5.41) is 25.6. The highest BCUT2D eigenvalue weighted by atomic mass is 19.1. The van der Waals surface area contributed by atoms with Crippen molar-refractivity contribution in [2.24, 2.45) is 0 Å². The van der Waals surface area contributed by atoms with Crippen LogP contribution in [0.25, 0.3) is 22.3 Å². The Bertz CT molecular complexity index is 2930. The van der Waals surface area contributed by atoms with E-state index in [0.717, 1.165) is 16.7 Å². The maximum atomic E-state index is 15.4. The van der Waals surface area contributed by atoms with Gasteiger partial charge in [-0.3, -0.25) is 33.6 Å². The SMILES string of the molecule is CC[C@@]1(O)C(=O)OCc2c1cc1n(c2=O)Cc2c-1nc1cc(F)c(C)c3c1c2[C@@H](NC(=O)CCCNC(=O)CCC(=O)[C@H](Cc1ccccc1)NC(=O)CCC(=O)CNC(=O)CCNC(=O)OC(C)(C)C)CC3. The molecule has 0 fully saturated rings. The van der Waals surface area contributed by atoms with E-state index in [1.54, 1.807) is 65.0 Å². The Labute approximate surface area is 420 Å². The van der Waals surface area contributed by atoms with E-state index in [0.29, 0.717) is 46.3 Å². The summed E-state index contributed by atoms with van der Waals surface area (Å²) >= 11 is 0. The van der Waals surface area contributed by atoms with Crippen LogP contribution in [0.4, 0.5) is 9.18 Å². The van der Waals surface area contributed by atoms with Crippen LogP contribution in [0.2, 0.25) is 0 Å². The number of carbonyl (C=O) groups is 8. The minimum absolute atomic E-state index is 0.000188. The minimum atomic E-state index is -2.03. The fraction of sp³-hybridized carbons (Fsp3) is 0.472. The molecule has 0 unspecified atom stereocenters. The van der Waals surface area contributed by atoms with Gasteiger partial charge in [0.15, 0.2) is 17.2 Å². The Morgan fingerprint density at radius 2 is 1.62 bits per heavy atom. The third-order valence-electron chi connectivity index (χ3n) is 13.4. The van der Waals surface area contributed by atoms with Crippen LogP contribution in [0, 0.1) is 12.7 Å². The predicted octanol–water partition coefficient (Wildman–Crippen LogP) is 3.98. The Kier molecular flexibility index (Phi) is 16.5. The molecule has 20 heteroatoms. The molecule has 4 aromatic rings. The van der Waals surface area contributed by atoms with Crippen LogP contribution in [-0.4, -0.2) is 93.2 Å². The summed E-state index contributed by atoms with van der Waals surface area (Å²) < 4.78 is 27.2. The van der Waals surface area contributed by atoms with Gasteiger partial charge in [-0.1, -0.05) is 37.3 Å². The van der Waals surface area contributed by atoms with E-state index in [-0.39, 0.29) is 108 Å². The summed E-state index contributed by atoms with van der Waals surface area (Å²) in [7, 11) is 0.